The fourth-order valence-corrected chi connectivity index (χ4v) is 3.13. The molecule has 4 nitrogen and oxygen atoms in total. The molecule has 0 radical (unpaired) electrons. The Balaban J connectivity index is 3.24. The minimum atomic E-state index is -4.40. The van der Waals surface area contributed by atoms with Crippen LogP contribution in [0.5, 0.6) is 0 Å². The van der Waals surface area contributed by atoms with E-state index in [1.165, 1.54) is 7.05 Å². The SMILES string of the molecule is CN(CC(C)(C)CN)S(=O)(=O)c1c(F)cc(F)cc1F. The molecule has 1 aromatic rings. The Morgan fingerprint density at radius 3 is 2.05 bits per heavy atom. The molecule has 1 aromatic carbocycles. The Morgan fingerprint density at radius 1 is 1.20 bits per heavy atom. The van der Waals surface area contributed by atoms with Crippen LogP contribution in [0.25, 0.3) is 0 Å². The van der Waals surface area contributed by atoms with E-state index in [4.69, 9.17) is 5.73 Å². The molecule has 0 aliphatic heterocycles. The van der Waals surface area contributed by atoms with Crippen LogP contribution in [0, 0.1) is 22.9 Å². The number of hydrogen-bond donors (Lipinski definition) is 1. The Morgan fingerprint density at radius 2 is 1.65 bits per heavy atom. The molecule has 0 bridgehead atoms. The van der Waals surface area contributed by atoms with Crippen molar-refractivity contribution < 1.29 is 21.6 Å². The van der Waals surface area contributed by atoms with Gasteiger partial charge in [-0.15, -0.1) is 0 Å². The lowest BCUT2D eigenvalue weighted by molar-refractivity contribution is 0.290. The molecular formula is C12H17F3N2O2S. The van der Waals surface area contributed by atoms with Crippen molar-refractivity contribution in [1.29, 1.82) is 0 Å². The minimum absolute atomic E-state index is 0.0257. The summed E-state index contributed by atoms with van der Waals surface area (Å²) in [7, 11) is -3.21. The lowest BCUT2D eigenvalue weighted by Crippen LogP contribution is -2.40. The number of hydrogen-bond acceptors (Lipinski definition) is 3. The van der Waals surface area contributed by atoms with E-state index in [1.54, 1.807) is 13.8 Å². The lowest BCUT2D eigenvalue weighted by Gasteiger charge is -2.28. The molecule has 1 rings (SSSR count). The zero-order valence-electron chi connectivity index (χ0n) is 11.5. The van der Waals surface area contributed by atoms with E-state index in [-0.39, 0.29) is 13.1 Å². The summed E-state index contributed by atoms with van der Waals surface area (Å²) in [5.41, 5.74) is 4.94. The third kappa shape index (κ3) is 3.50. The third-order valence-corrected chi connectivity index (χ3v) is 4.69. The van der Waals surface area contributed by atoms with E-state index in [0.29, 0.717) is 12.1 Å². The number of benzene rings is 1. The summed E-state index contributed by atoms with van der Waals surface area (Å²) in [6.45, 7) is 3.61. The summed E-state index contributed by atoms with van der Waals surface area (Å²) >= 11 is 0. The van der Waals surface area contributed by atoms with Gasteiger partial charge in [-0.1, -0.05) is 13.8 Å². The molecule has 0 amide bonds. The highest BCUT2D eigenvalue weighted by Gasteiger charge is 2.32. The second-order valence-electron chi connectivity index (χ2n) is 5.33. The van der Waals surface area contributed by atoms with E-state index in [9.17, 15) is 21.6 Å². The van der Waals surface area contributed by atoms with Crippen molar-refractivity contribution in [2.24, 2.45) is 11.1 Å². The largest absolute Gasteiger partial charge is 0.330 e. The fraction of sp³-hybridized carbons (Fsp3) is 0.500. The van der Waals surface area contributed by atoms with Gasteiger partial charge in [0.2, 0.25) is 10.0 Å². The van der Waals surface area contributed by atoms with Crippen molar-refractivity contribution in [3.8, 4) is 0 Å². The van der Waals surface area contributed by atoms with Gasteiger partial charge in [0.05, 0.1) is 0 Å². The van der Waals surface area contributed by atoms with Crippen molar-refractivity contribution in [3.05, 3.63) is 29.6 Å². The van der Waals surface area contributed by atoms with Gasteiger partial charge in [-0.3, -0.25) is 0 Å². The number of nitrogens with two attached hydrogens (primary N) is 1. The van der Waals surface area contributed by atoms with Gasteiger partial charge in [-0.05, 0) is 12.0 Å². The summed E-state index contributed by atoms with van der Waals surface area (Å²) in [5.74, 6) is -4.09. The average Bonchev–Trinajstić information content (AvgIpc) is 2.26. The Bertz CT molecular complexity index is 580. The van der Waals surface area contributed by atoms with Crippen LogP contribution in [0.2, 0.25) is 0 Å². The predicted molar refractivity (Wildman–Crippen MR) is 69.0 cm³/mol. The predicted octanol–water partition coefficient (Wildman–Crippen LogP) is 1.71. The van der Waals surface area contributed by atoms with Gasteiger partial charge in [0.15, 0.2) is 4.90 Å². The number of halogens is 3. The number of rotatable bonds is 5. The Hall–Kier alpha value is -1.12. The van der Waals surface area contributed by atoms with Gasteiger partial charge in [-0.25, -0.2) is 25.9 Å². The molecule has 2 N–H and O–H groups in total. The van der Waals surface area contributed by atoms with Crippen LogP contribution >= 0.6 is 0 Å². The average molecular weight is 310 g/mol. The van der Waals surface area contributed by atoms with E-state index >= 15 is 0 Å². The van der Waals surface area contributed by atoms with Gasteiger partial charge >= 0.3 is 0 Å². The summed E-state index contributed by atoms with van der Waals surface area (Å²) in [6.07, 6.45) is 0. The first-order valence-electron chi connectivity index (χ1n) is 5.82. The molecule has 0 atom stereocenters. The van der Waals surface area contributed by atoms with E-state index < -0.39 is 37.8 Å². The third-order valence-electron chi connectivity index (χ3n) is 2.83. The zero-order valence-corrected chi connectivity index (χ0v) is 12.3. The molecular weight excluding hydrogens is 293 g/mol. The summed E-state index contributed by atoms with van der Waals surface area (Å²) in [4.78, 5) is -1.16. The zero-order chi connectivity index (χ0) is 15.7. The molecule has 114 valence electrons. The minimum Gasteiger partial charge on any atom is -0.330 e. The topological polar surface area (TPSA) is 63.4 Å². The van der Waals surface area contributed by atoms with E-state index in [1.807, 2.05) is 0 Å². The lowest BCUT2D eigenvalue weighted by atomic mass is 9.94. The molecule has 0 unspecified atom stereocenters. The monoisotopic (exact) mass is 310 g/mol. The van der Waals surface area contributed by atoms with Gasteiger partial charge in [-0.2, -0.15) is 0 Å². The first-order valence-corrected chi connectivity index (χ1v) is 7.26. The number of nitrogens with zero attached hydrogens (tertiary/aromatic N) is 1. The molecule has 20 heavy (non-hydrogen) atoms. The first kappa shape index (κ1) is 16.9. The normalized spacial score (nSPS) is 13.0. The molecule has 0 aliphatic rings. The van der Waals surface area contributed by atoms with Crippen LogP contribution in [0.15, 0.2) is 17.0 Å². The van der Waals surface area contributed by atoms with Crippen LogP contribution < -0.4 is 5.73 Å². The highest BCUT2D eigenvalue weighted by Crippen LogP contribution is 2.25. The molecule has 0 spiro atoms. The van der Waals surface area contributed by atoms with Crippen molar-refractivity contribution in [2.75, 3.05) is 20.1 Å². The molecule has 0 fully saturated rings. The summed E-state index contributed by atoms with van der Waals surface area (Å²) in [6, 6.07) is 0.662. The van der Waals surface area contributed by atoms with E-state index in [2.05, 4.69) is 0 Å². The maximum Gasteiger partial charge on any atom is 0.248 e. The quantitative estimate of drug-likeness (QED) is 0.900. The first-order chi connectivity index (χ1) is 9.01. The van der Waals surface area contributed by atoms with Crippen LogP contribution in [0.1, 0.15) is 13.8 Å². The van der Waals surface area contributed by atoms with Gasteiger partial charge in [0.25, 0.3) is 0 Å². The fourth-order valence-electron chi connectivity index (χ4n) is 1.68. The van der Waals surface area contributed by atoms with Crippen molar-refractivity contribution in [1.82, 2.24) is 4.31 Å². The highest BCUT2D eigenvalue weighted by molar-refractivity contribution is 7.89. The highest BCUT2D eigenvalue weighted by atomic mass is 32.2. The molecule has 0 heterocycles. The molecule has 8 heteroatoms. The molecule has 0 saturated carbocycles. The van der Waals surface area contributed by atoms with Gasteiger partial charge < -0.3 is 5.73 Å². The Labute approximate surface area is 116 Å². The second kappa shape index (κ2) is 5.71. The van der Waals surface area contributed by atoms with Crippen LogP contribution in [-0.2, 0) is 10.0 Å². The van der Waals surface area contributed by atoms with Crippen molar-refractivity contribution >= 4 is 10.0 Å². The summed E-state index contributed by atoms with van der Waals surface area (Å²) < 4.78 is 65.1. The summed E-state index contributed by atoms with van der Waals surface area (Å²) in [5, 5.41) is 0. The second-order valence-corrected chi connectivity index (χ2v) is 7.31. The molecule has 0 aromatic heterocycles. The maximum absolute atomic E-state index is 13.6. The van der Waals surface area contributed by atoms with E-state index in [0.717, 1.165) is 4.31 Å². The molecule has 0 saturated heterocycles. The smallest absolute Gasteiger partial charge is 0.248 e. The number of sulfonamides is 1. The Kier molecular flexibility index (Phi) is 4.83. The van der Waals surface area contributed by atoms with Gasteiger partial charge in [0, 0.05) is 25.7 Å². The maximum atomic E-state index is 13.6. The van der Waals surface area contributed by atoms with Crippen molar-refractivity contribution in [2.45, 2.75) is 18.7 Å². The van der Waals surface area contributed by atoms with Crippen molar-refractivity contribution in [3.63, 3.8) is 0 Å². The van der Waals surface area contributed by atoms with Gasteiger partial charge in [0.1, 0.15) is 17.5 Å². The van der Waals surface area contributed by atoms with Crippen LogP contribution in [-0.4, -0.2) is 32.9 Å². The van der Waals surface area contributed by atoms with Crippen LogP contribution in [0.3, 0.4) is 0 Å². The standard InChI is InChI=1S/C12H17F3N2O2S/c1-12(2,6-16)7-17(3)20(18,19)11-9(14)4-8(13)5-10(11)15/h4-5H,6-7,16H2,1-3H3. The van der Waals surface area contributed by atoms with Crippen LogP contribution in [0.4, 0.5) is 13.2 Å². The molecule has 0 aliphatic carbocycles.